The molecule has 0 aliphatic carbocycles. The standard InChI is InChI=1S/C83H159NO5/c1-3-5-7-9-11-13-15-17-19-21-22-23-35-38-41-44-47-51-55-59-63-67-71-75-81(86)80(79-85)84-82(87)76-72-68-64-60-56-52-48-45-42-39-36-33-31-29-27-25-24-26-28-30-32-34-37-40-43-46-50-54-58-62-66-70-74-78-89-83(88)77-73-69-65-61-57-53-49-20-18-16-14-12-10-8-6-4-2/h20,28,30,34,37,49,80-81,85-86H,3-19,21-27,29,31-33,35-36,38-48,50-79H2,1-2H3,(H,84,87)/b30-28-,37-34-,49-20-. The van der Waals surface area contributed by atoms with Crippen molar-refractivity contribution in [3.63, 3.8) is 0 Å². The van der Waals surface area contributed by atoms with Gasteiger partial charge in [-0.15, -0.1) is 0 Å². The molecule has 1 amide bonds. The lowest BCUT2D eigenvalue weighted by Crippen LogP contribution is -2.45. The van der Waals surface area contributed by atoms with Crippen LogP contribution < -0.4 is 5.32 Å². The number of aliphatic hydroxyl groups is 2. The van der Waals surface area contributed by atoms with Gasteiger partial charge >= 0.3 is 5.97 Å². The van der Waals surface area contributed by atoms with Crippen LogP contribution in [0.4, 0.5) is 0 Å². The van der Waals surface area contributed by atoms with E-state index in [2.05, 4.69) is 55.6 Å². The van der Waals surface area contributed by atoms with Gasteiger partial charge in [0, 0.05) is 12.8 Å². The minimum absolute atomic E-state index is 0.00765. The summed E-state index contributed by atoms with van der Waals surface area (Å²) in [5.41, 5.74) is 0. The van der Waals surface area contributed by atoms with Crippen molar-refractivity contribution in [2.45, 2.75) is 469 Å². The molecule has 0 fully saturated rings. The number of allylic oxidation sites excluding steroid dienone is 6. The van der Waals surface area contributed by atoms with Gasteiger partial charge in [-0.25, -0.2) is 0 Å². The van der Waals surface area contributed by atoms with Crippen LogP contribution in [-0.4, -0.2) is 47.4 Å². The number of carbonyl (C=O) groups is 2. The van der Waals surface area contributed by atoms with Crippen LogP contribution in [0, 0.1) is 0 Å². The van der Waals surface area contributed by atoms with Crippen LogP contribution in [0.1, 0.15) is 457 Å². The number of nitrogens with one attached hydrogen (secondary N) is 1. The largest absolute Gasteiger partial charge is 0.466 e. The highest BCUT2D eigenvalue weighted by atomic mass is 16.5. The lowest BCUT2D eigenvalue weighted by atomic mass is 10.0. The number of esters is 1. The van der Waals surface area contributed by atoms with E-state index < -0.39 is 12.1 Å². The van der Waals surface area contributed by atoms with Crippen LogP contribution in [0.3, 0.4) is 0 Å². The molecule has 0 heterocycles. The Labute approximate surface area is 557 Å². The summed E-state index contributed by atoms with van der Waals surface area (Å²) < 4.78 is 5.50. The number of hydrogen-bond donors (Lipinski definition) is 3. The Morgan fingerprint density at radius 2 is 0.562 bits per heavy atom. The highest BCUT2D eigenvalue weighted by Crippen LogP contribution is 2.20. The number of amides is 1. The van der Waals surface area contributed by atoms with Crippen LogP contribution in [0.5, 0.6) is 0 Å². The number of hydrogen-bond acceptors (Lipinski definition) is 5. The van der Waals surface area contributed by atoms with Gasteiger partial charge in [0.2, 0.25) is 5.91 Å². The number of ether oxygens (including phenoxy) is 1. The minimum Gasteiger partial charge on any atom is -0.466 e. The first-order chi connectivity index (χ1) is 44.0. The third kappa shape index (κ3) is 75.0. The molecule has 89 heavy (non-hydrogen) atoms. The fourth-order valence-corrected chi connectivity index (χ4v) is 13.0. The Morgan fingerprint density at radius 3 is 0.865 bits per heavy atom. The molecular weight excluding hydrogens is 1090 g/mol. The van der Waals surface area contributed by atoms with Crippen molar-refractivity contribution in [3.05, 3.63) is 36.5 Å². The molecule has 0 aliphatic heterocycles. The molecule has 0 rings (SSSR count). The molecule has 2 unspecified atom stereocenters. The average Bonchev–Trinajstić information content (AvgIpc) is 3.64. The SMILES string of the molecule is CCCCCCCCC/C=C\CCCCCCCC(=O)OCCCCCCCCCCC/C=C\C/C=C\CCCCCCCCCCCCCCCCCCCC(=O)NC(CO)C(O)CCCCCCCCCCCCCCCCCCCCCCCCC. The Morgan fingerprint density at radius 1 is 0.315 bits per heavy atom. The average molecular weight is 1250 g/mol. The van der Waals surface area contributed by atoms with Gasteiger partial charge in [-0.05, 0) is 83.5 Å². The summed E-state index contributed by atoms with van der Waals surface area (Å²) in [6.07, 6.45) is 102. The maximum absolute atomic E-state index is 12.6. The van der Waals surface area contributed by atoms with Gasteiger partial charge in [0.05, 0.1) is 25.4 Å². The van der Waals surface area contributed by atoms with E-state index in [4.69, 9.17) is 4.74 Å². The summed E-state index contributed by atoms with van der Waals surface area (Å²) in [6.45, 7) is 4.99. The molecule has 0 saturated heterocycles. The van der Waals surface area contributed by atoms with Gasteiger partial charge in [0.25, 0.3) is 0 Å². The Kier molecular flexibility index (Phi) is 76.8. The fraction of sp³-hybridized carbons (Fsp3) is 0.904. The van der Waals surface area contributed by atoms with Crippen LogP contribution in [-0.2, 0) is 14.3 Å². The van der Waals surface area contributed by atoms with Gasteiger partial charge in [-0.1, -0.05) is 397 Å². The van der Waals surface area contributed by atoms with E-state index in [9.17, 15) is 19.8 Å². The van der Waals surface area contributed by atoms with Crippen molar-refractivity contribution >= 4 is 11.9 Å². The molecule has 6 heteroatoms. The predicted octanol–water partition coefficient (Wildman–Crippen LogP) is 27.0. The first kappa shape index (κ1) is 87.1. The van der Waals surface area contributed by atoms with Crippen LogP contribution >= 0.6 is 0 Å². The molecule has 0 bridgehead atoms. The van der Waals surface area contributed by atoms with Crippen LogP contribution in [0.15, 0.2) is 36.5 Å². The maximum Gasteiger partial charge on any atom is 0.305 e. The van der Waals surface area contributed by atoms with Crippen molar-refractivity contribution in [2.75, 3.05) is 13.2 Å². The van der Waals surface area contributed by atoms with Gasteiger partial charge < -0.3 is 20.3 Å². The van der Waals surface area contributed by atoms with E-state index in [-0.39, 0.29) is 18.5 Å². The number of unbranched alkanes of at least 4 members (excludes halogenated alkanes) is 60. The van der Waals surface area contributed by atoms with Crippen molar-refractivity contribution < 1.29 is 24.5 Å². The second kappa shape index (κ2) is 78.5. The van der Waals surface area contributed by atoms with E-state index in [1.54, 1.807) is 0 Å². The van der Waals surface area contributed by atoms with Crippen LogP contribution in [0.2, 0.25) is 0 Å². The molecule has 6 nitrogen and oxygen atoms in total. The van der Waals surface area contributed by atoms with E-state index in [0.29, 0.717) is 25.9 Å². The summed E-state index contributed by atoms with van der Waals surface area (Å²) in [4.78, 5) is 24.7. The Bertz CT molecular complexity index is 1440. The summed E-state index contributed by atoms with van der Waals surface area (Å²) in [6, 6.07) is -0.542. The van der Waals surface area contributed by atoms with Gasteiger partial charge in [-0.3, -0.25) is 9.59 Å². The second-order valence-electron chi connectivity index (χ2n) is 28.1. The summed E-state index contributed by atoms with van der Waals surface area (Å²) in [7, 11) is 0. The third-order valence-corrected chi connectivity index (χ3v) is 19.2. The lowest BCUT2D eigenvalue weighted by Gasteiger charge is -2.22. The first-order valence-corrected chi connectivity index (χ1v) is 40.7. The van der Waals surface area contributed by atoms with Crippen molar-refractivity contribution in [2.24, 2.45) is 0 Å². The summed E-state index contributed by atoms with van der Waals surface area (Å²) >= 11 is 0. The van der Waals surface area contributed by atoms with Crippen molar-refractivity contribution in [1.82, 2.24) is 5.32 Å². The predicted molar refractivity (Wildman–Crippen MR) is 393 cm³/mol. The highest BCUT2D eigenvalue weighted by molar-refractivity contribution is 5.76. The fourth-order valence-electron chi connectivity index (χ4n) is 13.0. The smallest absolute Gasteiger partial charge is 0.305 e. The molecule has 0 aromatic heterocycles. The maximum atomic E-state index is 12.6. The molecular formula is C83H159NO5. The Balaban J connectivity index is 3.38. The van der Waals surface area contributed by atoms with Crippen LogP contribution in [0.25, 0.3) is 0 Å². The van der Waals surface area contributed by atoms with Gasteiger partial charge in [0.15, 0.2) is 0 Å². The molecule has 0 radical (unpaired) electrons. The van der Waals surface area contributed by atoms with E-state index in [1.165, 1.54) is 372 Å². The number of rotatable bonds is 77. The molecule has 0 spiro atoms. The first-order valence-electron chi connectivity index (χ1n) is 40.7. The molecule has 0 aromatic carbocycles. The second-order valence-corrected chi connectivity index (χ2v) is 28.1. The molecule has 0 aromatic rings. The molecule has 526 valence electrons. The highest BCUT2D eigenvalue weighted by Gasteiger charge is 2.20. The van der Waals surface area contributed by atoms with Gasteiger partial charge in [0.1, 0.15) is 0 Å². The molecule has 0 saturated carbocycles. The normalized spacial score (nSPS) is 12.6. The number of aliphatic hydroxyl groups excluding tert-OH is 2. The van der Waals surface area contributed by atoms with Crippen molar-refractivity contribution in [1.29, 1.82) is 0 Å². The molecule has 2 atom stereocenters. The summed E-state index contributed by atoms with van der Waals surface area (Å²) in [5, 5.41) is 23.5. The monoisotopic (exact) mass is 1250 g/mol. The third-order valence-electron chi connectivity index (χ3n) is 19.2. The summed E-state index contributed by atoms with van der Waals surface area (Å²) in [5.74, 6) is -0.0201. The quantitative estimate of drug-likeness (QED) is 0.0320. The van der Waals surface area contributed by atoms with E-state index in [1.807, 2.05) is 0 Å². The van der Waals surface area contributed by atoms with Crippen molar-refractivity contribution in [3.8, 4) is 0 Å². The molecule has 0 aliphatic rings. The molecule has 3 N–H and O–H groups in total. The zero-order valence-corrected chi connectivity index (χ0v) is 60.4. The van der Waals surface area contributed by atoms with E-state index in [0.717, 1.165) is 51.4 Å². The lowest BCUT2D eigenvalue weighted by molar-refractivity contribution is -0.143. The van der Waals surface area contributed by atoms with E-state index >= 15 is 0 Å². The van der Waals surface area contributed by atoms with Gasteiger partial charge in [-0.2, -0.15) is 0 Å². The topological polar surface area (TPSA) is 95.9 Å². The zero-order chi connectivity index (χ0) is 64.2. The minimum atomic E-state index is -0.665. The Hall–Kier alpha value is -1.92. The zero-order valence-electron chi connectivity index (χ0n) is 60.4. The number of carbonyl (C=O) groups excluding carboxylic acids is 2.